The first-order valence-electron chi connectivity index (χ1n) is 6.52. The van der Waals surface area contributed by atoms with Crippen molar-refractivity contribution in [1.82, 2.24) is 16.0 Å². The largest absolute Gasteiger partial charge is 0.383 e. The van der Waals surface area contributed by atoms with Gasteiger partial charge in [-0.25, -0.2) is 0 Å². The molecule has 5 nitrogen and oxygen atoms in total. The van der Waals surface area contributed by atoms with Gasteiger partial charge < -0.3 is 20.7 Å². The summed E-state index contributed by atoms with van der Waals surface area (Å²) in [6.45, 7) is 4.01. The Hall–Kier alpha value is -0.650. The van der Waals surface area contributed by atoms with E-state index in [1.165, 1.54) is 19.3 Å². The Morgan fingerprint density at radius 1 is 1.41 bits per heavy atom. The average molecular weight is 243 g/mol. The van der Waals surface area contributed by atoms with Crippen LogP contribution in [0.5, 0.6) is 0 Å². The molecule has 0 aromatic rings. The second kappa shape index (κ2) is 9.39. The maximum Gasteiger partial charge on any atom is 0.221 e. The van der Waals surface area contributed by atoms with Crippen molar-refractivity contribution in [3.63, 3.8) is 0 Å². The molecule has 1 aliphatic rings. The van der Waals surface area contributed by atoms with Gasteiger partial charge in [-0.05, 0) is 19.4 Å². The number of hydrogen-bond donors (Lipinski definition) is 3. The van der Waals surface area contributed by atoms with Gasteiger partial charge in [0.05, 0.1) is 6.61 Å². The highest BCUT2D eigenvalue weighted by Crippen LogP contribution is 2.05. The predicted octanol–water partition coefficient (Wildman–Crippen LogP) is -0.129. The van der Waals surface area contributed by atoms with Crippen molar-refractivity contribution in [3.8, 4) is 0 Å². The molecule has 1 rings (SSSR count). The minimum absolute atomic E-state index is 0.0890. The van der Waals surface area contributed by atoms with Crippen LogP contribution >= 0.6 is 0 Å². The van der Waals surface area contributed by atoms with E-state index in [2.05, 4.69) is 16.0 Å². The lowest BCUT2D eigenvalue weighted by molar-refractivity contribution is -0.121. The smallest absolute Gasteiger partial charge is 0.221 e. The van der Waals surface area contributed by atoms with Crippen LogP contribution in [0.25, 0.3) is 0 Å². The summed E-state index contributed by atoms with van der Waals surface area (Å²) in [6.07, 6.45) is 4.39. The molecule has 0 saturated carbocycles. The van der Waals surface area contributed by atoms with E-state index in [4.69, 9.17) is 4.74 Å². The van der Waals surface area contributed by atoms with Crippen LogP contribution in [0.15, 0.2) is 0 Å². The fourth-order valence-electron chi connectivity index (χ4n) is 1.96. The molecule has 1 unspecified atom stereocenters. The first kappa shape index (κ1) is 14.4. The molecule has 3 N–H and O–H groups in total. The van der Waals surface area contributed by atoms with Gasteiger partial charge in [-0.1, -0.05) is 6.42 Å². The van der Waals surface area contributed by atoms with Crippen molar-refractivity contribution in [2.45, 2.75) is 31.7 Å². The van der Waals surface area contributed by atoms with Gasteiger partial charge in [-0.2, -0.15) is 0 Å². The second-order valence-corrected chi connectivity index (χ2v) is 4.44. The van der Waals surface area contributed by atoms with E-state index in [-0.39, 0.29) is 5.91 Å². The van der Waals surface area contributed by atoms with E-state index in [0.29, 0.717) is 25.6 Å². The Labute approximate surface area is 104 Å². The number of amides is 1. The number of hydrogen-bond acceptors (Lipinski definition) is 4. The Morgan fingerprint density at radius 3 is 3.00 bits per heavy atom. The Kier molecular flexibility index (Phi) is 7.96. The molecular weight excluding hydrogens is 218 g/mol. The third-order valence-electron chi connectivity index (χ3n) is 2.96. The highest BCUT2D eigenvalue weighted by molar-refractivity contribution is 5.75. The molecule has 1 heterocycles. The summed E-state index contributed by atoms with van der Waals surface area (Å²) in [6, 6.07) is 0.584. The van der Waals surface area contributed by atoms with Gasteiger partial charge >= 0.3 is 0 Å². The zero-order valence-corrected chi connectivity index (χ0v) is 10.8. The zero-order valence-electron chi connectivity index (χ0n) is 10.8. The van der Waals surface area contributed by atoms with Crippen molar-refractivity contribution in [1.29, 1.82) is 0 Å². The first-order chi connectivity index (χ1) is 8.33. The number of rotatable bonds is 8. The van der Waals surface area contributed by atoms with Crippen LogP contribution in [0.3, 0.4) is 0 Å². The number of carbonyl (C=O) groups excluding carboxylic acids is 1. The van der Waals surface area contributed by atoms with Crippen LogP contribution in [0.2, 0.25) is 0 Å². The lowest BCUT2D eigenvalue weighted by atomic mass is 10.1. The first-order valence-corrected chi connectivity index (χ1v) is 6.52. The minimum atomic E-state index is 0.0890. The van der Waals surface area contributed by atoms with Gasteiger partial charge in [-0.15, -0.1) is 0 Å². The van der Waals surface area contributed by atoms with Crippen molar-refractivity contribution in [3.05, 3.63) is 0 Å². The normalized spacial score (nSPS) is 20.2. The molecule has 100 valence electrons. The van der Waals surface area contributed by atoms with Gasteiger partial charge in [0.1, 0.15) is 0 Å². The predicted molar refractivity (Wildman–Crippen MR) is 68.0 cm³/mol. The lowest BCUT2D eigenvalue weighted by Crippen LogP contribution is -2.42. The van der Waals surface area contributed by atoms with Crippen LogP contribution < -0.4 is 16.0 Å². The summed E-state index contributed by atoms with van der Waals surface area (Å²) in [4.78, 5) is 11.3. The highest BCUT2D eigenvalue weighted by Gasteiger charge is 2.11. The summed E-state index contributed by atoms with van der Waals surface area (Å²) < 4.78 is 4.86. The fourth-order valence-corrected chi connectivity index (χ4v) is 1.96. The van der Waals surface area contributed by atoms with E-state index in [0.717, 1.165) is 19.6 Å². The van der Waals surface area contributed by atoms with Crippen molar-refractivity contribution in [2.24, 2.45) is 0 Å². The molecule has 17 heavy (non-hydrogen) atoms. The van der Waals surface area contributed by atoms with E-state index >= 15 is 0 Å². The van der Waals surface area contributed by atoms with E-state index in [1.54, 1.807) is 7.11 Å². The number of methoxy groups -OCH3 is 1. The quantitative estimate of drug-likeness (QED) is 0.520. The van der Waals surface area contributed by atoms with Crippen molar-refractivity contribution in [2.75, 3.05) is 39.9 Å². The van der Waals surface area contributed by atoms with Gasteiger partial charge in [0.15, 0.2) is 0 Å². The monoisotopic (exact) mass is 243 g/mol. The van der Waals surface area contributed by atoms with Gasteiger partial charge in [0, 0.05) is 39.2 Å². The number of piperidine rings is 1. The third kappa shape index (κ3) is 7.31. The molecule has 0 spiro atoms. The number of ether oxygens (including phenoxy) is 1. The molecule has 0 bridgehead atoms. The van der Waals surface area contributed by atoms with E-state index in [9.17, 15) is 4.79 Å². The maximum atomic E-state index is 11.3. The summed E-state index contributed by atoms with van der Waals surface area (Å²) in [5.41, 5.74) is 0. The topological polar surface area (TPSA) is 62.4 Å². The Balaban J connectivity index is 1.90. The maximum absolute atomic E-state index is 11.3. The van der Waals surface area contributed by atoms with E-state index in [1.807, 2.05) is 0 Å². The number of carbonyl (C=O) groups is 1. The van der Waals surface area contributed by atoms with Crippen LogP contribution in [0.1, 0.15) is 25.7 Å². The molecule has 0 aliphatic carbocycles. The molecule has 5 heteroatoms. The molecule has 1 aliphatic heterocycles. The minimum Gasteiger partial charge on any atom is -0.383 e. The molecule has 1 saturated heterocycles. The van der Waals surface area contributed by atoms with Crippen molar-refractivity contribution >= 4 is 5.91 Å². The summed E-state index contributed by atoms with van der Waals surface area (Å²) >= 11 is 0. The SMILES string of the molecule is COCCNC(=O)CCNCC1CCCCN1. The molecule has 0 radical (unpaired) electrons. The third-order valence-corrected chi connectivity index (χ3v) is 2.96. The van der Waals surface area contributed by atoms with Crippen LogP contribution in [0, 0.1) is 0 Å². The molecule has 1 fully saturated rings. The van der Waals surface area contributed by atoms with Gasteiger partial charge in [0.25, 0.3) is 0 Å². The number of nitrogens with one attached hydrogen (secondary N) is 3. The highest BCUT2D eigenvalue weighted by atomic mass is 16.5. The van der Waals surface area contributed by atoms with Crippen LogP contribution in [-0.4, -0.2) is 51.8 Å². The zero-order chi connectivity index (χ0) is 12.3. The molecular formula is C12H25N3O2. The lowest BCUT2D eigenvalue weighted by Gasteiger charge is -2.23. The molecule has 0 aromatic heterocycles. The van der Waals surface area contributed by atoms with Crippen LogP contribution in [0.4, 0.5) is 0 Å². The van der Waals surface area contributed by atoms with Gasteiger partial charge in [0.2, 0.25) is 5.91 Å². The van der Waals surface area contributed by atoms with Gasteiger partial charge in [-0.3, -0.25) is 4.79 Å². The summed E-state index contributed by atoms with van der Waals surface area (Å²) in [5, 5.41) is 9.59. The molecule has 0 aromatic carbocycles. The van der Waals surface area contributed by atoms with E-state index < -0.39 is 0 Å². The fraction of sp³-hybridized carbons (Fsp3) is 0.917. The Bertz CT molecular complexity index is 206. The Morgan fingerprint density at radius 2 is 2.29 bits per heavy atom. The van der Waals surface area contributed by atoms with Crippen LogP contribution in [-0.2, 0) is 9.53 Å². The molecule has 1 amide bonds. The summed E-state index contributed by atoms with van der Waals surface area (Å²) in [7, 11) is 1.63. The van der Waals surface area contributed by atoms with Crippen molar-refractivity contribution < 1.29 is 9.53 Å². The second-order valence-electron chi connectivity index (χ2n) is 4.44. The molecule has 1 atom stereocenters. The summed E-state index contributed by atoms with van der Waals surface area (Å²) in [5.74, 6) is 0.0890. The standard InChI is InChI=1S/C12H25N3O2/c1-17-9-8-15-12(16)5-7-13-10-11-4-2-3-6-14-11/h11,13-14H,2-10H2,1H3,(H,15,16). The average Bonchev–Trinajstić information content (AvgIpc) is 2.36.